The summed E-state index contributed by atoms with van der Waals surface area (Å²) in [5, 5.41) is 2.82. The number of methoxy groups -OCH3 is 1. The molecule has 28 heavy (non-hydrogen) atoms. The summed E-state index contributed by atoms with van der Waals surface area (Å²) in [6, 6.07) is 10.5. The van der Waals surface area contributed by atoms with Gasteiger partial charge in [0, 0.05) is 12.2 Å². The van der Waals surface area contributed by atoms with Crippen LogP contribution in [0, 0.1) is 0 Å². The Balaban J connectivity index is 2.02. The van der Waals surface area contributed by atoms with Gasteiger partial charge in [-0.15, -0.1) is 0 Å². The van der Waals surface area contributed by atoms with Gasteiger partial charge >= 0.3 is 0 Å². The van der Waals surface area contributed by atoms with Crippen LogP contribution in [0.5, 0.6) is 11.5 Å². The number of benzene rings is 2. The monoisotopic (exact) mass is 426 g/mol. The van der Waals surface area contributed by atoms with E-state index in [2.05, 4.69) is 10.0 Å². The Hall–Kier alpha value is -2.45. The lowest BCUT2D eigenvalue weighted by Gasteiger charge is -2.12. The van der Waals surface area contributed by atoms with Crippen molar-refractivity contribution < 1.29 is 22.7 Å². The van der Waals surface area contributed by atoms with E-state index in [1.54, 1.807) is 24.3 Å². The standard InChI is InChI=1S/C19H23ClN2O5S/c1-3-4-11-21-19(23)13-27-18-10-9-16(12-17(18)20)28(24,25)22-14-5-7-15(26-2)8-6-14/h5-10,12,22H,3-4,11,13H2,1-2H3,(H,21,23). The molecule has 0 bridgehead atoms. The van der Waals surface area contributed by atoms with Gasteiger partial charge in [0.2, 0.25) is 0 Å². The van der Waals surface area contributed by atoms with E-state index in [0.717, 1.165) is 12.8 Å². The van der Waals surface area contributed by atoms with Crippen LogP contribution in [0.4, 0.5) is 5.69 Å². The third-order valence-electron chi connectivity index (χ3n) is 3.77. The molecule has 2 N–H and O–H groups in total. The molecule has 2 aromatic rings. The first-order chi connectivity index (χ1) is 13.4. The lowest BCUT2D eigenvalue weighted by atomic mass is 10.3. The summed E-state index contributed by atoms with van der Waals surface area (Å²) in [6.45, 7) is 2.42. The van der Waals surface area contributed by atoms with Crippen molar-refractivity contribution >= 4 is 33.2 Å². The highest BCUT2D eigenvalue weighted by atomic mass is 35.5. The average Bonchev–Trinajstić information content (AvgIpc) is 2.67. The molecule has 0 spiro atoms. The van der Waals surface area contributed by atoms with Crippen LogP contribution < -0.4 is 19.5 Å². The van der Waals surface area contributed by atoms with Gasteiger partial charge in [0.05, 0.1) is 17.0 Å². The fourth-order valence-corrected chi connectivity index (χ4v) is 3.62. The minimum atomic E-state index is -3.83. The van der Waals surface area contributed by atoms with Gasteiger partial charge in [-0.2, -0.15) is 0 Å². The molecule has 0 aromatic heterocycles. The third-order valence-corrected chi connectivity index (χ3v) is 5.44. The van der Waals surface area contributed by atoms with Crippen LogP contribution in [-0.2, 0) is 14.8 Å². The van der Waals surface area contributed by atoms with E-state index in [-0.39, 0.29) is 28.2 Å². The molecular weight excluding hydrogens is 404 g/mol. The van der Waals surface area contributed by atoms with Gasteiger partial charge in [0.1, 0.15) is 11.5 Å². The maximum atomic E-state index is 12.5. The number of hydrogen-bond acceptors (Lipinski definition) is 5. The molecule has 152 valence electrons. The van der Waals surface area contributed by atoms with E-state index in [4.69, 9.17) is 21.1 Å². The number of halogens is 1. The minimum Gasteiger partial charge on any atom is -0.497 e. The Morgan fingerprint density at radius 1 is 1.14 bits per heavy atom. The summed E-state index contributed by atoms with van der Waals surface area (Å²) in [5.74, 6) is 0.587. The quantitative estimate of drug-likeness (QED) is 0.567. The molecule has 0 aliphatic carbocycles. The molecule has 0 aliphatic rings. The molecule has 1 amide bonds. The molecule has 0 radical (unpaired) electrons. The number of amides is 1. The van der Waals surface area contributed by atoms with Crippen molar-refractivity contribution in [1.29, 1.82) is 0 Å². The zero-order valence-corrected chi connectivity index (χ0v) is 17.3. The summed E-state index contributed by atoms with van der Waals surface area (Å²) in [7, 11) is -2.30. The molecule has 0 atom stereocenters. The van der Waals surface area contributed by atoms with Crippen LogP contribution in [0.2, 0.25) is 5.02 Å². The summed E-state index contributed by atoms with van der Waals surface area (Å²) in [5.41, 5.74) is 0.390. The lowest BCUT2D eigenvalue weighted by molar-refractivity contribution is -0.123. The van der Waals surface area contributed by atoms with Crippen molar-refractivity contribution in [1.82, 2.24) is 5.32 Å². The van der Waals surface area contributed by atoms with E-state index in [1.165, 1.54) is 25.3 Å². The molecule has 0 fully saturated rings. The lowest BCUT2D eigenvalue weighted by Crippen LogP contribution is -2.29. The van der Waals surface area contributed by atoms with Crippen molar-refractivity contribution in [2.24, 2.45) is 0 Å². The van der Waals surface area contributed by atoms with E-state index in [1.807, 2.05) is 6.92 Å². The predicted octanol–water partition coefficient (Wildman–Crippen LogP) is 3.44. The van der Waals surface area contributed by atoms with Crippen LogP contribution in [0.1, 0.15) is 19.8 Å². The number of hydrogen-bond donors (Lipinski definition) is 2. The number of carbonyl (C=O) groups excluding carboxylic acids is 1. The van der Waals surface area contributed by atoms with Crippen molar-refractivity contribution in [3.63, 3.8) is 0 Å². The zero-order chi connectivity index (χ0) is 20.6. The molecule has 0 heterocycles. The molecule has 2 aromatic carbocycles. The Kier molecular flexibility index (Phi) is 7.95. The molecule has 9 heteroatoms. The summed E-state index contributed by atoms with van der Waals surface area (Å²) in [6.07, 6.45) is 1.87. The maximum Gasteiger partial charge on any atom is 0.261 e. The fourth-order valence-electron chi connectivity index (χ4n) is 2.24. The average molecular weight is 427 g/mol. The number of rotatable bonds is 10. The predicted molar refractivity (Wildman–Crippen MR) is 109 cm³/mol. The first-order valence-corrected chi connectivity index (χ1v) is 10.6. The van der Waals surface area contributed by atoms with Crippen LogP contribution in [0.25, 0.3) is 0 Å². The topological polar surface area (TPSA) is 93.7 Å². The number of unbranched alkanes of at least 4 members (excludes halogenated alkanes) is 1. The van der Waals surface area contributed by atoms with Crippen molar-refractivity contribution in [3.8, 4) is 11.5 Å². The second-order valence-corrected chi connectivity index (χ2v) is 8.01. The van der Waals surface area contributed by atoms with E-state index < -0.39 is 10.0 Å². The Morgan fingerprint density at radius 2 is 1.86 bits per heavy atom. The first-order valence-electron chi connectivity index (χ1n) is 8.71. The van der Waals surface area contributed by atoms with Gasteiger partial charge in [-0.25, -0.2) is 8.42 Å². The van der Waals surface area contributed by atoms with Crippen LogP contribution in [0.3, 0.4) is 0 Å². The van der Waals surface area contributed by atoms with E-state index in [0.29, 0.717) is 18.0 Å². The fraction of sp³-hybridized carbons (Fsp3) is 0.316. The summed E-state index contributed by atoms with van der Waals surface area (Å²) in [4.78, 5) is 11.7. The summed E-state index contributed by atoms with van der Waals surface area (Å²) >= 11 is 6.12. The highest BCUT2D eigenvalue weighted by Gasteiger charge is 2.17. The second-order valence-electron chi connectivity index (χ2n) is 5.92. The first kappa shape index (κ1) is 21.8. The van der Waals surface area contributed by atoms with Gasteiger partial charge < -0.3 is 14.8 Å². The van der Waals surface area contributed by atoms with Crippen LogP contribution in [-0.4, -0.2) is 34.6 Å². The van der Waals surface area contributed by atoms with Crippen molar-refractivity contribution in [3.05, 3.63) is 47.5 Å². The van der Waals surface area contributed by atoms with Crippen LogP contribution in [0.15, 0.2) is 47.4 Å². The van der Waals surface area contributed by atoms with Gasteiger partial charge in [-0.1, -0.05) is 24.9 Å². The largest absolute Gasteiger partial charge is 0.497 e. The smallest absolute Gasteiger partial charge is 0.261 e. The molecule has 0 saturated heterocycles. The second kappa shape index (κ2) is 10.2. The highest BCUT2D eigenvalue weighted by Crippen LogP contribution is 2.28. The van der Waals surface area contributed by atoms with Crippen molar-refractivity contribution in [2.75, 3.05) is 25.0 Å². The molecule has 0 saturated carbocycles. The van der Waals surface area contributed by atoms with Crippen LogP contribution >= 0.6 is 11.6 Å². The van der Waals surface area contributed by atoms with E-state index in [9.17, 15) is 13.2 Å². The molecule has 0 unspecified atom stereocenters. The highest BCUT2D eigenvalue weighted by molar-refractivity contribution is 7.92. The van der Waals surface area contributed by atoms with E-state index >= 15 is 0 Å². The normalized spacial score (nSPS) is 11.0. The Labute approximate surface area is 170 Å². The SMILES string of the molecule is CCCCNC(=O)COc1ccc(S(=O)(=O)Nc2ccc(OC)cc2)cc1Cl. The Morgan fingerprint density at radius 3 is 2.46 bits per heavy atom. The van der Waals surface area contributed by atoms with Gasteiger partial charge in [-0.05, 0) is 48.9 Å². The van der Waals surface area contributed by atoms with Crippen molar-refractivity contribution in [2.45, 2.75) is 24.7 Å². The number of ether oxygens (including phenoxy) is 2. The minimum absolute atomic E-state index is 0.0203. The van der Waals surface area contributed by atoms with Gasteiger partial charge in [0.15, 0.2) is 6.61 Å². The third kappa shape index (κ3) is 6.31. The van der Waals surface area contributed by atoms with Gasteiger partial charge in [0.25, 0.3) is 15.9 Å². The molecular formula is C19H23ClN2O5S. The Bertz CT molecular complexity index is 901. The number of sulfonamides is 1. The van der Waals surface area contributed by atoms with Gasteiger partial charge in [-0.3, -0.25) is 9.52 Å². The molecule has 0 aliphatic heterocycles. The molecule has 2 rings (SSSR count). The molecule has 7 nitrogen and oxygen atoms in total. The maximum absolute atomic E-state index is 12.5. The number of carbonyl (C=O) groups is 1. The number of nitrogens with one attached hydrogen (secondary N) is 2. The zero-order valence-electron chi connectivity index (χ0n) is 15.7. The number of anilines is 1. The summed E-state index contributed by atoms with van der Waals surface area (Å²) < 4.78 is 37.9.